The molecule has 0 radical (unpaired) electrons. The zero-order chi connectivity index (χ0) is 15.2. The largest absolute Gasteiger partial charge is 0.482 e. The molecule has 0 fully saturated rings. The molecule has 6 heteroatoms. The Balaban J connectivity index is 1.93. The second-order valence-corrected chi connectivity index (χ2v) is 4.45. The van der Waals surface area contributed by atoms with Gasteiger partial charge < -0.3 is 15.8 Å². The van der Waals surface area contributed by atoms with E-state index in [9.17, 15) is 9.18 Å². The highest BCUT2D eigenvalue weighted by molar-refractivity contribution is 5.91. The number of pyridine rings is 1. The Labute approximate surface area is 121 Å². The van der Waals surface area contributed by atoms with Gasteiger partial charge in [-0.1, -0.05) is 0 Å². The number of ether oxygens (including phenoxy) is 1. The molecular weight excluding hydrogens is 273 g/mol. The van der Waals surface area contributed by atoms with Gasteiger partial charge in [-0.05, 0) is 43.3 Å². The van der Waals surface area contributed by atoms with Gasteiger partial charge in [0.2, 0.25) is 0 Å². The molecule has 0 saturated heterocycles. The van der Waals surface area contributed by atoms with Gasteiger partial charge in [0, 0.05) is 17.9 Å². The van der Waals surface area contributed by atoms with Crippen LogP contribution < -0.4 is 15.8 Å². The second kappa shape index (κ2) is 6.81. The molecule has 0 aliphatic carbocycles. The molecule has 0 aliphatic heterocycles. The number of amides is 1. The number of hydrogen-bond acceptors (Lipinski definition) is 4. The molecule has 1 heterocycles. The Morgan fingerprint density at radius 1 is 1.29 bits per heavy atom. The molecule has 1 aromatic heterocycles. The first-order valence-electron chi connectivity index (χ1n) is 6.43. The van der Waals surface area contributed by atoms with Crippen LogP contribution in [0.2, 0.25) is 0 Å². The Morgan fingerprint density at radius 3 is 2.67 bits per heavy atom. The average Bonchev–Trinajstić information content (AvgIpc) is 2.48. The van der Waals surface area contributed by atoms with Gasteiger partial charge in [-0.3, -0.25) is 9.78 Å². The molecular formula is C15H16FN3O2. The van der Waals surface area contributed by atoms with Gasteiger partial charge >= 0.3 is 0 Å². The van der Waals surface area contributed by atoms with Gasteiger partial charge in [-0.2, -0.15) is 0 Å². The molecule has 0 aliphatic rings. The van der Waals surface area contributed by atoms with Crippen LogP contribution in [-0.4, -0.2) is 17.5 Å². The van der Waals surface area contributed by atoms with Crippen molar-refractivity contribution in [1.29, 1.82) is 0 Å². The first-order valence-corrected chi connectivity index (χ1v) is 6.43. The number of hydrogen-bond donors (Lipinski definition) is 2. The van der Waals surface area contributed by atoms with E-state index in [0.717, 1.165) is 5.69 Å². The standard InChI is InChI=1S/C15H16FN3O2/c1-10-2-7-14(13(8-17)18-10)21-9-15(20)19-12-5-3-11(16)4-6-12/h2-7H,8-9,17H2,1H3,(H,19,20). The predicted molar refractivity (Wildman–Crippen MR) is 77.4 cm³/mol. The summed E-state index contributed by atoms with van der Waals surface area (Å²) in [4.78, 5) is 16.0. The van der Waals surface area contributed by atoms with E-state index in [1.165, 1.54) is 24.3 Å². The van der Waals surface area contributed by atoms with Crippen LogP contribution in [0.5, 0.6) is 5.75 Å². The summed E-state index contributed by atoms with van der Waals surface area (Å²) in [5.74, 6) is -0.218. The van der Waals surface area contributed by atoms with Crippen molar-refractivity contribution < 1.29 is 13.9 Å². The number of carbonyl (C=O) groups is 1. The summed E-state index contributed by atoms with van der Waals surface area (Å²) in [6.07, 6.45) is 0. The summed E-state index contributed by atoms with van der Waals surface area (Å²) < 4.78 is 18.2. The van der Waals surface area contributed by atoms with Gasteiger partial charge in [0.15, 0.2) is 6.61 Å². The van der Waals surface area contributed by atoms with Crippen molar-refractivity contribution in [3.05, 3.63) is 53.6 Å². The van der Waals surface area contributed by atoms with E-state index in [0.29, 0.717) is 17.1 Å². The highest BCUT2D eigenvalue weighted by Crippen LogP contribution is 2.16. The predicted octanol–water partition coefficient (Wildman–Crippen LogP) is 2.01. The highest BCUT2D eigenvalue weighted by Gasteiger charge is 2.08. The van der Waals surface area contributed by atoms with E-state index >= 15 is 0 Å². The third kappa shape index (κ3) is 4.25. The second-order valence-electron chi connectivity index (χ2n) is 4.45. The fourth-order valence-corrected chi connectivity index (χ4v) is 1.75. The summed E-state index contributed by atoms with van der Waals surface area (Å²) in [5.41, 5.74) is 7.52. The summed E-state index contributed by atoms with van der Waals surface area (Å²) in [6.45, 7) is 1.91. The molecule has 0 bridgehead atoms. The lowest BCUT2D eigenvalue weighted by molar-refractivity contribution is -0.118. The minimum Gasteiger partial charge on any atom is -0.482 e. The van der Waals surface area contributed by atoms with Gasteiger partial charge in [0.05, 0.1) is 5.69 Å². The Bertz CT molecular complexity index is 629. The third-order valence-electron chi connectivity index (χ3n) is 2.75. The van der Waals surface area contributed by atoms with Crippen molar-refractivity contribution in [2.45, 2.75) is 13.5 Å². The normalized spacial score (nSPS) is 10.2. The van der Waals surface area contributed by atoms with Crippen molar-refractivity contribution in [3.8, 4) is 5.75 Å². The van der Waals surface area contributed by atoms with Crippen LogP contribution in [0.25, 0.3) is 0 Å². The molecule has 3 N–H and O–H groups in total. The summed E-state index contributed by atoms with van der Waals surface area (Å²) >= 11 is 0. The smallest absolute Gasteiger partial charge is 0.262 e. The number of aryl methyl sites for hydroxylation is 1. The van der Waals surface area contributed by atoms with E-state index in [1.807, 2.05) is 6.92 Å². The first kappa shape index (κ1) is 14.9. The highest BCUT2D eigenvalue weighted by atomic mass is 19.1. The molecule has 110 valence electrons. The van der Waals surface area contributed by atoms with Crippen molar-refractivity contribution in [1.82, 2.24) is 4.98 Å². The molecule has 0 spiro atoms. The van der Waals surface area contributed by atoms with Crippen molar-refractivity contribution in [2.75, 3.05) is 11.9 Å². The van der Waals surface area contributed by atoms with E-state index < -0.39 is 0 Å². The molecule has 21 heavy (non-hydrogen) atoms. The van der Waals surface area contributed by atoms with Gasteiger partial charge in [0.1, 0.15) is 11.6 Å². The van der Waals surface area contributed by atoms with E-state index in [4.69, 9.17) is 10.5 Å². The lowest BCUT2D eigenvalue weighted by atomic mass is 10.3. The zero-order valence-corrected chi connectivity index (χ0v) is 11.6. The van der Waals surface area contributed by atoms with Gasteiger partial charge in [-0.15, -0.1) is 0 Å². The van der Waals surface area contributed by atoms with Crippen LogP contribution in [0.3, 0.4) is 0 Å². The molecule has 2 rings (SSSR count). The van der Waals surface area contributed by atoms with Crippen LogP contribution in [0.1, 0.15) is 11.4 Å². The Hall–Kier alpha value is -2.47. The zero-order valence-electron chi connectivity index (χ0n) is 11.6. The number of nitrogens with two attached hydrogens (primary N) is 1. The maximum Gasteiger partial charge on any atom is 0.262 e. The van der Waals surface area contributed by atoms with Gasteiger partial charge in [-0.25, -0.2) is 4.39 Å². The number of halogens is 1. The summed E-state index contributed by atoms with van der Waals surface area (Å²) in [5, 5.41) is 2.61. The van der Waals surface area contributed by atoms with Crippen LogP contribution >= 0.6 is 0 Å². The molecule has 0 unspecified atom stereocenters. The SMILES string of the molecule is Cc1ccc(OCC(=O)Nc2ccc(F)cc2)c(CN)n1. The van der Waals surface area contributed by atoms with Crippen LogP contribution in [0.4, 0.5) is 10.1 Å². The van der Waals surface area contributed by atoms with Gasteiger partial charge in [0.25, 0.3) is 5.91 Å². The molecule has 0 saturated carbocycles. The van der Waals surface area contributed by atoms with E-state index in [1.54, 1.807) is 12.1 Å². The molecule has 1 amide bonds. The minimum absolute atomic E-state index is 0.172. The quantitative estimate of drug-likeness (QED) is 0.882. The summed E-state index contributed by atoms with van der Waals surface area (Å²) in [7, 11) is 0. The van der Waals surface area contributed by atoms with Crippen molar-refractivity contribution in [3.63, 3.8) is 0 Å². The molecule has 1 aromatic carbocycles. The number of carbonyl (C=O) groups excluding carboxylic acids is 1. The molecule has 2 aromatic rings. The Kier molecular flexibility index (Phi) is 4.84. The Morgan fingerprint density at radius 2 is 2.00 bits per heavy atom. The third-order valence-corrected chi connectivity index (χ3v) is 2.75. The van der Waals surface area contributed by atoms with Crippen LogP contribution in [0.15, 0.2) is 36.4 Å². The maximum absolute atomic E-state index is 12.8. The van der Waals surface area contributed by atoms with E-state index in [-0.39, 0.29) is 24.9 Å². The van der Waals surface area contributed by atoms with Crippen LogP contribution in [-0.2, 0) is 11.3 Å². The number of rotatable bonds is 5. The number of nitrogens with one attached hydrogen (secondary N) is 1. The van der Waals surface area contributed by atoms with Crippen molar-refractivity contribution in [2.24, 2.45) is 5.73 Å². The fourth-order valence-electron chi connectivity index (χ4n) is 1.75. The summed E-state index contributed by atoms with van der Waals surface area (Å²) in [6, 6.07) is 9.01. The molecule has 5 nitrogen and oxygen atoms in total. The maximum atomic E-state index is 12.8. The topological polar surface area (TPSA) is 77.2 Å². The number of benzene rings is 1. The molecule has 0 atom stereocenters. The van der Waals surface area contributed by atoms with E-state index in [2.05, 4.69) is 10.3 Å². The fraction of sp³-hybridized carbons (Fsp3) is 0.200. The number of aromatic nitrogens is 1. The average molecular weight is 289 g/mol. The number of anilines is 1. The minimum atomic E-state index is -0.359. The lowest BCUT2D eigenvalue weighted by Gasteiger charge is -2.10. The first-order chi connectivity index (χ1) is 10.1. The lowest BCUT2D eigenvalue weighted by Crippen LogP contribution is -2.21. The monoisotopic (exact) mass is 289 g/mol. The number of nitrogens with zero attached hydrogens (tertiary/aromatic N) is 1. The van der Waals surface area contributed by atoms with Crippen molar-refractivity contribution >= 4 is 11.6 Å². The van der Waals surface area contributed by atoms with Crippen LogP contribution in [0, 0.1) is 12.7 Å².